The van der Waals surface area contributed by atoms with Gasteiger partial charge in [0.05, 0.1) is 6.04 Å². The van der Waals surface area contributed by atoms with E-state index in [1.54, 1.807) is 6.07 Å². The van der Waals surface area contributed by atoms with Crippen molar-refractivity contribution in [3.05, 3.63) is 57.0 Å². The maximum Gasteiger partial charge on any atom is 0.106 e. The third kappa shape index (κ3) is 3.14. The van der Waals surface area contributed by atoms with E-state index in [9.17, 15) is 0 Å². The van der Waals surface area contributed by atoms with Crippen LogP contribution in [0.5, 0.6) is 0 Å². The van der Waals surface area contributed by atoms with Gasteiger partial charge in [-0.25, -0.2) is 0 Å². The molecule has 1 N–H and O–H groups in total. The van der Waals surface area contributed by atoms with Gasteiger partial charge in [-0.1, -0.05) is 36.2 Å². The molecular formula is C15H17Cl2NO. The summed E-state index contributed by atoms with van der Waals surface area (Å²) in [6, 6.07) is 7.65. The van der Waals surface area contributed by atoms with E-state index in [1.165, 1.54) is 0 Å². The van der Waals surface area contributed by atoms with Gasteiger partial charge in [0.1, 0.15) is 11.5 Å². The molecule has 0 amide bonds. The Morgan fingerprint density at radius 1 is 1.16 bits per heavy atom. The quantitative estimate of drug-likeness (QED) is 0.868. The topological polar surface area (TPSA) is 25.2 Å². The summed E-state index contributed by atoms with van der Waals surface area (Å²) >= 11 is 12.3. The molecule has 0 aliphatic heterocycles. The van der Waals surface area contributed by atoms with Gasteiger partial charge >= 0.3 is 0 Å². The summed E-state index contributed by atoms with van der Waals surface area (Å²) in [5.41, 5.74) is 2.13. The molecule has 0 aliphatic carbocycles. The molecule has 19 heavy (non-hydrogen) atoms. The summed E-state index contributed by atoms with van der Waals surface area (Å²) in [4.78, 5) is 0. The van der Waals surface area contributed by atoms with E-state index in [0.29, 0.717) is 10.0 Å². The van der Waals surface area contributed by atoms with Gasteiger partial charge in [0.15, 0.2) is 0 Å². The van der Waals surface area contributed by atoms with Crippen molar-refractivity contribution in [1.29, 1.82) is 0 Å². The van der Waals surface area contributed by atoms with Crippen molar-refractivity contribution in [2.24, 2.45) is 0 Å². The maximum absolute atomic E-state index is 6.31. The molecule has 0 bridgehead atoms. The van der Waals surface area contributed by atoms with Gasteiger partial charge in [0, 0.05) is 15.6 Å². The third-order valence-corrected chi connectivity index (χ3v) is 3.63. The Bertz CT molecular complexity index is 578. The van der Waals surface area contributed by atoms with E-state index in [0.717, 1.165) is 29.2 Å². The lowest BCUT2D eigenvalue weighted by Gasteiger charge is -2.19. The lowest BCUT2D eigenvalue weighted by Crippen LogP contribution is -2.22. The molecule has 0 fully saturated rings. The van der Waals surface area contributed by atoms with Crippen LogP contribution in [0.3, 0.4) is 0 Å². The van der Waals surface area contributed by atoms with Crippen LogP contribution in [0.25, 0.3) is 0 Å². The predicted octanol–water partition coefficient (Wildman–Crippen LogP) is 4.90. The maximum atomic E-state index is 6.31. The first-order valence-electron chi connectivity index (χ1n) is 6.28. The second-order valence-corrected chi connectivity index (χ2v) is 5.37. The Hall–Kier alpha value is -0.960. The van der Waals surface area contributed by atoms with Crippen molar-refractivity contribution in [2.75, 3.05) is 6.54 Å². The molecule has 1 aromatic carbocycles. The second-order valence-electron chi connectivity index (χ2n) is 4.53. The molecule has 0 radical (unpaired) electrons. The highest BCUT2D eigenvalue weighted by Gasteiger charge is 2.20. The van der Waals surface area contributed by atoms with Crippen LogP contribution >= 0.6 is 23.2 Å². The summed E-state index contributed by atoms with van der Waals surface area (Å²) in [5, 5.41) is 4.75. The van der Waals surface area contributed by atoms with Crippen LogP contribution in [0.1, 0.15) is 35.6 Å². The average Bonchev–Trinajstić information content (AvgIpc) is 2.66. The first-order chi connectivity index (χ1) is 9.02. The molecule has 4 heteroatoms. The molecule has 1 atom stereocenters. The zero-order valence-corrected chi connectivity index (χ0v) is 12.8. The van der Waals surface area contributed by atoms with Crippen LogP contribution in [-0.2, 0) is 0 Å². The minimum Gasteiger partial charge on any atom is -0.466 e. The van der Waals surface area contributed by atoms with Gasteiger partial charge in [0.2, 0.25) is 0 Å². The number of furan rings is 1. The summed E-state index contributed by atoms with van der Waals surface area (Å²) < 4.78 is 5.62. The largest absolute Gasteiger partial charge is 0.466 e. The Morgan fingerprint density at radius 3 is 2.42 bits per heavy atom. The molecule has 1 heterocycles. The molecule has 2 aromatic rings. The minimum absolute atomic E-state index is 0.0206. The molecule has 1 unspecified atom stereocenters. The fourth-order valence-electron chi connectivity index (χ4n) is 2.26. The predicted molar refractivity (Wildman–Crippen MR) is 80.2 cm³/mol. The second kappa shape index (κ2) is 6.00. The number of hydrogen-bond donors (Lipinski definition) is 1. The molecule has 0 spiro atoms. The number of halogens is 2. The Kier molecular flexibility index (Phi) is 4.56. The molecule has 0 saturated heterocycles. The summed E-state index contributed by atoms with van der Waals surface area (Å²) in [5.74, 6) is 1.81. The number of benzene rings is 1. The monoisotopic (exact) mass is 297 g/mol. The highest BCUT2D eigenvalue weighted by molar-refractivity contribution is 6.35. The van der Waals surface area contributed by atoms with Gasteiger partial charge in [-0.2, -0.15) is 0 Å². The van der Waals surface area contributed by atoms with Crippen LogP contribution < -0.4 is 5.32 Å². The Balaban J connectivity index is 2.48. The zero-order chi connectivity index (χ0) is 14.0. The zero-order valence-electron chi connectivity index (χ0n) is 11.3. The lowest BCUT2D eigenvalue weighted by molar-refractivity contribution is 0.495. The van der Waals surface area contributed by atoms with Crippen LogP contribution in [-0.4, -0.2) is 6.54 Å². The van der Waals surface area contributed by atoms with Crippen molar-refractivity contribution in [3.63, 3.8) is 0 Å². The minimum atomic E-state index is 0.0206. The first-order valence-corrected chi connectivity index (χ1v) is 7.03. The van der Waals surface area contributed by atoms with Crippen molar-refractivity contribution < 1.29 is 4.42 Å². The van der Waals surface area contributed by atoms with Gasteiger partial charge in [-0.05, 0) is 44.2 Å². The molecule has 2 nitrogen and oxygen atoms in total. The number of aryl methyl sites for hydroxylation is 2. The SMILES string of the molecule is CCNC(c1ccc(Cl)cc1Cl)c1cc(C)oc1C. The lowest BCUT2D eigenvalue weighted by atomic mass is 9.99. The van der Waals surface area contributed by atoms with E-state index in [2.05, 4.69) is 12.2 Å². The van der Waals surface area contributed by atoms with Gasteiger partial charge in [-0.3, -0.25) is 0 Å². The molecule has 1 aromatic heterocycles. The van der Waals surface area contributed by atoms with E-state index >= 15 is 0 Å². The molecule has 102 valence electrons. The number of hydrogen-bond acceptors (Lipinski definition) is 2. The standard InChI is InChI=1S/C15H17Cl2NO/c1-4-18-15(13-7-9(2)19-10(13)3)12-6-5-11(16)8-14(12)17/h5-8,15,18H,4H2,1-3H3. The van der Waals surface area contributed by atoms with E-state index < -0.39 is 0 Å². The van der Waals surface area contributed by atoms with Crippen LogP contribution in [0.15, 0.2) is 28.7 Å². The summed E-state index contributed by atoms with van der Waals surface area (Å²) in [6.45, 7) is 6.83. The molecule has 0 saturated carbocycles. The highest BCUT2D eigenvalue weighted by atomic mass is 35.5. The molecular weight excluding hydrogens is 281 g/mol. The normalized spacial score (nSPS) is 12.7. The van der Waals surface area contributed by atoms with Crippen LogP contribution in [0, 0.1) is 13.8 Å². The highest BCUT2D eigenvalue weighted by Crippen LogP contribution is 2.33. The summed E-state index contributed by atoms with van der Waals surface area (Å²) in [6.07, 6.45) is 0. The van der Waals surface area contributed by atoms with Gasteiger partial charge in [0.25, 0.3) is 0 Å². The first kappa shape index (κ1) is 14.4. The smallest absolute Gasteiger partial charge is 0.106 e. The van der Waals surface area contributed by atoms with Crippen LogP contribution in [0.4, 0.5) is 0 Å². The molecule has 0 aliphatic rings. The average molecular weight is 298 g/mol. The van der Waals surface area contributed by atoms with Gasteiger partial charge < -0.3 is 9.73 Å². The van der Waals surface area contributed by atoms with E-state index in [-0.39, 0.29) is 6.04 Å². The van der Waals surface area contributed by atoms with Crippen molar-refractivity contribution >= 4 is 23.2 Å². The van der Waals surface area contributed by atoms with Crippen molar-refractivity contribution in [1.82, 2.24) is 5.32 Å². The number of rotatable bonds is 4. The molecule has 2 rings (SSSR count). The van der Waals surface area contributed by atoms with E-state index in [4.69, 9.17) is 27.6 Å². The van der Waals surface area contributed by atoms with E-state index in [1.807, 2.05) is 32.0 Å². The fraction of sp³-hybridized carbons (Fsp3) is 0.333. The number of nitrogens with one attached hydrogen (secondary N) is 1. The van der Waals surface area contributed by atoms with Gasteiger partial charge in [-0.15, -0.1) is 0 Å². The van der Waals surface area contributed by atoms with Crippen LogP contribution in [0.2, 0.25) is 10.0 Å². The Morgan fingerprint density at radius 2 is 1.89 bits per heavy atom. The Labute approximate surface area is 123 Å². The third-order valence-electron chi connectivity index (χ3n) is 3.07. The van der Waals surface area contributed by atoms with Crippen molar-refractivity contribution in [2.45, 2.75) is 26.8 Å². The fourth-order valence-corrected chi connectivity index (χ4v) is 2.78. The summed E-state index contributed by atoms with van der Waals surface area (Å²) in [7, 11) is 0. The van der Waals surface area contributed by atoms with Crippen molar-refractivity contribution in [3.8, 4) is 0 Å².